The third-order valence-electron chi connectivity index (χ3n) is 5.13. The van der Waals surface area contributed by atoms with Crippen molar-refractivity contribution in [2.45, 2.75) is 39.5 Å². The van der Waals surface area contributed by atoms with Crippen LogP contribution in [0.1, 0.15) is 41.5 Å². The van der Waals surface area contributed by atoms with E-state index < -0.39 is 22.8 Å². The summed E-state index contributed by atoms with van der Waals surface area (Å²) in [5, 5.41) is 17.1. The molecule has 0 saturated carbocycles. The van der Waals surface area contributed by atoms with Crippen molar-refractivity contribution in [1.29, 1.82) is 0 Å². The van der Waals surface area contributed by atoms with Gasteiger partial charge in [0, 0.05) is 17.7 Å². The number of hydrogen-bond donors (Lipinski definition) is 2. The molecular weight excluding hydrogens is 388 g/mol. The van der Waals surface area contributed by atoms with Gasteiger partial charge in [-0.25, -0.2) is 4.98 Å². The molecule has 1 aliphatic rings. The summed E-state index contributed by atoms with van der Waals surface area (Å²) in [6.07, 6.45) is 0. The van der Waals surface area contributed by atoms with Gasteiger partial charge in [0.25, 0.3) is 11.5 Å². The number of ether oxygens (including phenoxy) is 1. The predicted molar refractivity (Wildman–Crippen MR) is 107 cm³/mol. The number of benzene rings is 1. The Labute approximate surface area is 172 Å². The first-order valence-corrected chi connectivity index (χ1v) is 9.56. The number of fused-ring (bicyclic) bond motifs is 1. The van der Waals surface area contributed by atoms with E-state index in [1.807, 2.05) is 30.3 Å². The zero-order chi connectivity index (χ0) is 21.5. The molecule has 0 unspecified atom stereocenters. The number of aromatic nitrogens is 3. The van der Waals surface area contributed by atoms with Gasteiger partial charge in [-0.2, -0.15) is 0 Å². The Kier molecular flexibility index (Phi) is 4.90. The first-order chi connectivity index (χ1) is 14.3. The molecule has 1 amide bonds. The summed E-state index contributed by atoms with van der Waals surface area (Å²) < 4.78 is 12.3. The minimum Gasteiger partial charge on any atom is -0.501 e. The maximum Gasteiger partial charge on any atom is 0.296 e. The fraction of sp³-hybridized carbons (Fsp3) is 0.333. The molecule has 2 aromatic heterocycles. The molecule has 9 heteroatoms. The molecule has 9 nitrogen and oxygen atoms in total. The summed E-state index contributed by atoms with van der Waals surface area (Å²) in [6, 6.07) is 9.44. The van der Waals surface area contributed by atoms with E-state index >= 15 is 0 Å². The van der Waals surface area contributed by atoms with Gasteiger partial charge in [-0.1, -0.05) is 35.5 Å². The van der Waals surface area contributed by atoms with Crippen LogP contribution in [0.3, 0.4) is 0 Å². The van der Waals surface area contributed by atoms with Crippen molar-refractivity contribution in [3.8, 4) is 17.0 Å². The van der Waals surface area contributed by atoms with Gasteiger partial charge in [-0.15, -0.1) is 0 Å². The molecule has 30 heavy (non-hydrogen) atoms. The molecule has 0 atom stereocenters. The lowest BCUT2D eigenvalue weighted by molar-refractivity contribution is -0.0566. The number of hydrogen-bond acceptors (Lipinski definition) is 7. The lowest BCUT2D eigenvalue weighted by atomic mass is 10.1. The monoisotopic (exact) mass is 410 g/mol. The van der Waals surface area contributed by atoms with Crippen molar-refractivity contribution < 1.29 is 19.2 Å². The largest absolute Gasteiger partial charge is 0.501 e. The van der Waals surface area contributed by atoms with Crippen LogP contribution in [-0.2, 0) is 23.4 Å². The predicted octanol–water partition coefficient (Wildman–Crippen LogP) is 2.11. The van der Waals surface area contributed by atoms with Crippen molar-refractivity contribution in [1.82, 2.24) is 20.0 Å². The first-order valence-electron chi connectivity index (χ1n) is 9.56. The second kappa shape index (κ2) is 7.42. The zero-order valence-electron chi connectivity index (χ0n) is 16.9. The molecule has 0 aliphatic carbocycles. The van der Waals surface area contributed by atoms with Gasteiger partial charge in [-0.3, -0.25) is 14.2 Å². The van der Waals surface area contributed by atoms with Crippen LogP contribution >= 0.6 is 0 Å². The number of carbonyl (C=O) groups excluding carboxylic acids is 1. The minimum absolute atomic E-state index is 0.0951. The Balaban J connectivity index is 1.63. The Morgan fingerprint density at radius 3 is 2.77 bits per heavy atom. The third-order valence-corrected chi connectivity index (χ3v) is 5.13. The van der Waals surface area contributed by atoms with Crippen LogP contribution in [0.4, 0.5) is 0 Å². The van der Waals surface area contributed by atoms with Gasteiger partial charge >= 0.3 is 0 Å². The number of aromatic hydroxyl groups is 1. The normalized spacial score (nSPS) is 14.9. The van der Waals surface area contributed by atoms with Crippen LogP contribution in [-0.4, -0.2) is 32.3 Å². The van der Waals surface area contributed by atoms with Gasteiger partial charge in [0.05, 0.1) is 13.2 Å². The smallest absolute Gasteiger partial charge is 0.296 e. The summed E-state index contributed by atoms with van der Waals surface area (Å²) in [5.74, 6) is -0.493. The van der Waals surface area contributed by atoms with E-state index in [1.54, 1.807) is 20.8 Å². The molecule has 4 rings (SSSR count). The van der Waals surface area contributed by atoms with E-state index in [0.29, 0.717) is 29.4 Å². The third kappa shape index (κ3) is 3.37. The molecular formula is C21H22N4O5. The summed E-state index contributed by atoms with van der Waals surface area (Å²) in [7, 11) is 0. The highest BCUT2D eigenvalue weighted by atomic mass is 16.5. The Morgan fingerprint density at radius 2 is 2.03 bits per heavy atom. The van der Waals surface area contributed by atoms with Crippen molar-refractivity contribution in [3.63, 3.8) is 0 Å². The van der Waals surface area contributed by atoms with Crippen LogP contribution < -0.4 is 10.9 Å². The molecule has 0 spiro atoms. The van der Waals surface area contributed by atoms with Crippen LogP contribution in [0.25, 0.3) is 11.3 Å². The maximum absolute atomic E-state index is 12.8. The SMILES string of the molecule is Cc1onc(-c2ccccc2)c1CNC(=O)c1nc2n(c(=O)c1O)CCOC2(C)C. The van der Waals surface area contributed by atoms with E-state index in [9.17, 15) is 14.7 Å². The number of carbonyl (C=O) groups is 1. The molecule has 0 saturated heterocycles. The van der Waals surface area contributed by atoms with E-state index in [4.69, 9.17) is 9.26 Å². The molecule has 1 aliphatic heterocycles. The number of amides is 1. The molecule has 2 N–H and O–H groups in total. The van der Waals surface area contributed by atoms with Crippen molar-refractivity contribution in [2.75, 3.05) is 6.61 Å². The lowest BCUT2D eigenvalue weighted by Gasteiger charge is -2.32. The summed E-state index contributed by atoms with van der Waals surface area (Å²) >= 11 is 0. The Bertz CT molecular complexity index is 1160. The first kappa shape index (κ1) is 19.8. The maximum atomic E-state index is 12.8. The summed E-state index contributed by atoms with van der Waals surface area (Å²) in [4.78, 5) is 29.6. The van der Waals surface area contributed by atoms with E-state index in [0.717, 1.165) is 5.56 Å². The zero-order valence-corrected chi connectivity index (χ0v) is 16.9. The van der Waals surface area contributed by atoms with Gasteiger partial charge in [0.15, 0.2) is 5.69 Å². The Morgan fingerprint density at radius 1 is 1.30 bits per heavy atom. The van der Waals surface area contributed by atoms with Crippen LogP contribution in [0, 0.1) is 6.92 Å². The van der Waals surface area contributed by atoms with Crippen molar-refractivity contribution in [2.24, 2.45) is 0 Å². The van der Waals surface area contributed by atoms with E-state index in [1.165, 1.54) is 4.57 Å². The number of rotatable bonds is 4. The number of nitrogens with zero attached hydrogens (tertiary/aromatic N) is 3. The van der Waals surface area contributed by atoms with E-state index in [-0.39, 0.29) is 18.8 Å². The molecule has 0 radical (unpaired) electrons. The Hall–Kier alpha value is -3.46. The topological polar surface area (TPSA) is 119 Å². The highest BCUT2D eigenvalue weighted by molar-refractivity contribution is 5.94. The number of aryl methyl sites for hydroxylation is 1. The molecule has 1 aromatic carbocycles. The minimum atomic E-state index is -0.855. The van der Waals surface area contributed by atoms with Crippen LogP contribution in [0.15, 0.2) is 39.6 Å². The quantitative estimate of drug-likeness (QED) is 0.676. The molecule has 3 aromatic rings. The summed E-state index contributed by atoms with van der Waals surface area (Å²) in [5.41, 5.74) is 0.322. The summed E-state index contributed by atoms with van der Waals surface area (Å²) in [6.45, 7) is 5.95. The molecule has 156 valence electrons. The molecule has 3 heterocycles. The second-order valence-electron chi connectivity index (χ2n) is 7.56. The van der Waals surface area contributed by atoms with Crippen LogP contribution in [0.2, 0.25) is 0 Å². The molecule has 0 bridgehead atoms. The highest BCUT2D eigenvalue weighted by Gasteiger charge is 2.34. The van der Waals surface area contributed by atoms with Gasteiger partial charge < -0.3 is 19.7 Å². The van der Waals surface area contributed by atoms with Crippen molar-refractivity contribution >= 4 is 5.91 Å². The fourth-order valence-electron chi connectivity index (χ4n) is 3.50. The van der Waals surface area contributed by atoms with Gasteiger partial charge in [-0.05, 0) is 20.8 Å². The second-order valence-corrected chi connectivity index (χ2v) is 7.56. The average Bonchev–Trinajstić information content (AvgIpc) is 3.10. The van der Waals surface area contributed by atoms with Gasteiger partial charge in [0.2, 0.25) is 5.75 Å². The number of nitrogens with one attached hydrogen (secondary N) is 1. The average molecular weight is 410 g/mol. The van der Waals surface area contributed by atoms with Gasteiger partial charge in [0.1, 0.15) is 22.9 Å². The van der Waals surface area contributed by atoms with Crippen LogP contribution in [0.5, 0.6) is 5.75 Å². The standard InChI is InChI=1S/C21H22N4O5/c1-12-14(15(24-30-12)13-7-5-4-6-8-13)11-22-18(27)16-17(26)19(28)25-9-10-29-21(2,3)20(25)23-16/h4-8,26H,9-11H2,1-3H3,(H,22,27). The lowest BCUT2D eigenvalue weighted by Crippen LogP contribution is -2.42. The highest BCUT2D eigenvalue weighted by Crippen LogP contribution is 2.28. The fourth-order valence-corrected chi connectivity index (χ4v) is 3.50. The molecule has 0 fully saturated rings. The van der Waals surface area contributed by atoms with E-state index in [2.05, 4.69) is 15.5 Å². The van der Waals surface area contributed by atoms with Crippen molar-refractivity contribution in [3.05, 3.63) is 63.5 Å².